The molecule has 4 nitrogen and oxygen atoms in total. The van der Waals surface area contributed by atoms with E-state index in [9.17, 15) is 12.8 Å². The Morgan fingerprint density at radius 1 is 1.50 bits per heavy atom. The number of halogens is 1. The Bertz CT molecular complexity index is 524. The van der Waals surface area contributed by atoms with Crippen molar-refractivity contribution >= 4 is 10.0 Å². The summed E-state index contributed by atoms with van der Waals surface area (Å²) in [5.74, 6) is -0.409. The molecule has 0 aromatic heterocycles. The second-order valence-electron chi connectivity index (χ2n) is 4.40. The first kappa shape index (κ1) is 13.5. The third-order valence-corrected chi connectivity index (χ3v) is 4.39. The van der Waals surface area contributed by atoms with E-state index in [2.05, 4.69) is 4.72 Å². The van der Waals surface area contributed by atoms with Crippen molar-refractivity contribution in [3.8, 4) is 0 Å². The predicted octanol–water partition coefficient (Wildman–Crippen LogP) is 1.59. The number of hydrogen-bond donors (Lipinski definition) is 1. The number of ether oxygens (including phenoxy) is 1. The zero-order valence-electron chi connectivity index (χ0n) is 10.1. The summed E-state index contributed by atoms with van der Waals surface area (Å²) in [5.41, 5.74) is 0.315. The molecule has 1 N–H and O–H groups in total. The van der Waals surface area contributed by atoms with Crippen LogP contribution < -0.4 is 4.72 Å². The number of nitrogens with one attached hydrogen (secondary N) is 1. The van der Waals surface area contributed by atoms with E-state index in [-0.39, 0.29) is 17.5 Å². The average Bonchev–Trinajstić information content (AvgIpc) is 2.83. The quantitative estimate of drug-likeness (QED) is 0.906. The van der Waals surface area contributed by atoms with Crippen LogP contribution in [0.3, 0.4) is 0 Å². The molecule has 0 aliphatic carbocycles. The summed E-state index contributed by atoms with van der Waals surface area (Å²) in [6.45, 7) is 2.48. The smallest absolute Gasteiger partial charge is 0.240 e. The van der Waals surface area contributed by atoms with Crippen molar-refractivity contribution in [2.45, 2.75) is 30.8 Å². The molecule has 1 atom stereocenters. The van der Waals surface area contributed by atoms with Crippen molar-refractivity contribution < 1.29 is 17.5 Å². The fraction of sp³-hybridized carbons (Fsp3) is 0.500. The van der Waals surface area contributed by atoms with Gasteiger partial charge >= 0.3 is 0 Å². The minimum absolute atomic E-state index is 0.0543. The molecule has 0 saturated carbocycles. The van der Waals surface area contributed by atoms with Gasteiger partial charge in [-0.3, -0.25) is 0 Å². The molecule has 1 heterocycles. The molecule has 6 heteroatoms. The second kappa shape index (κ2) is 5.34. The minimum atomic E-state index is -3.58. The monoisotopic (exact) mass is 273 g/mol. The lowest BCUT2D eigenvalue weighted by atomic mass is 10.2. The Morgan fingerprint density at radius 3 is 2.89 bits per heavy atom. The number of hydrogen-bond acceptors (Lipinski definition) is 3. The van der Waals surface area contributed by atoms with Gasteiger partial charge in [-0.1, -0.05) is 0 Å². The van der Waals surface area contributed by atoms with E-state index in [0.717, 1.165) is 18.9 Å². The van der Waals surface area contributed by atoms with Gasteiger partial charge in [-0.2, -0.15) is 0 Å². The van der Waals surface area contributed by atoms with Gasteiger partial charge < -0.3 is 4.74 Å². The lowest BCUT2D eigenvalue weighted by Gasteiger charge is -2.11. The summed E-state index contributed by atoms with van der Waals surface area (Å²) < 4.78 is 44.8. The van der Waals surface area contributed by atoms with Crippen molar-refractivity contribution in [3.63, 3.8) is 0 Å². The van der Waals surface area contributed by atoms with Crippen LogP contribution in [0.25, 0.3) is 0 Å². The summed E-state index contributed by atoms with van der Waals surface area (Å²) in [4.78, 5) is 0.0828. The molecule has 1 saturated heterocycles. The van der Waals surface area contributed by atoms with E-state index in [0.29, 0.717) is 12.2 Å². The molecule has 0 radical (unpaired) electrons. The SMILES string of the molecule is Cc1cc(S(=O)(=O)NCC2CCCO2)ccc1F. The Morgan fingerprint density at radius 2 is 2.28 bits per heavy atom. The summed E-state index contributed by atoms with van der Waals surface area (Å²) in [6, 6.07) is 3.75. The van der Waals surface area contributed by atoms with Crippen LogP contribution in [0.5, 0.6) is 0 Å². The maximum atomic E-state index is 13.1. The normalized spacial score (nSPS) is 20.2. The number of aryl methyl sites for hydroxylation is 1. The predicted molar refractivity (Wildman–Crippen MR) is 65.3 cm³/mol. The molecule has 1 aromatic rings. The maximum absolute atomic E-state index is 13.1. The molecule has 0 bridgehead atoms. The van der Waals surface area contributed by atoms with Gasteiger partial charge in [-0.05, 0) is 43.5 Å². The van der Waals surface area contributed by atoms with Crippen molar-refractivity contribution in [1.82, 2.24) is 4.72 Å². The van der Waals surface area contributed by atoms with Crippen LogP contribution in [0.4, 0.5) is 4.39 Å². The highest BCUT2D eigenvalue weighted by Crippen LogP contribution is 2.15. The summed E-state index contributed by atoms with van der Waals surface area (Å²) in [6.07, 6.45) is 1.77. The Kier molecular flexibility index (Phi) is 3.99. The molecule has 1 aliphatic rings. The molecule has 1 aromatic carbocycles. The van der Waals surface area contributed by atoms with Gasteiger partial charge in [0.1, 0.15) is 5.82 Å². The van der Waals surface area contributed by atoms with E-state index >= 15 is 0 Å². The molecular weight excluding hydrogens is 257 g/mol. The minimum Gasteiger partial charge on any atom is -0.377 e. The summed E-state index contributed by atoms with van der Waals surface area (Å²) in [7, 11) is -3.58. The fourth-order valence-electron chi connectivity index (χ4n) is 1.88. The van der Waals surface area contributed by atoms with Crippen LogP contribution in [0.2, 0.25) is 0 Å². The zero-order chi connectivity index (χ0) is 13.2. The highest BCUT2D eigenvalue weighted by Gasteiger charge is 2.20. The fourth-order valence-corrected chi connectivity index (χ4v) is 3.03. The Balaban J connectivity index is 2.07. The number of sulfonamides is 1. The summed E-state index contributed by atoms with van der Waals surface area (Å²) >= 11 is 0. The van der Waals surface area contributed by atoms with Crippen LogP contribution in [-0.2, 0) is 14.8 Å². The molecule has 1 fully saturated rings. The van der Waals surface area contributed by atoms with Gasteiger partial charge in [0, 0.05) is 13.2 Å². The van der Waals surface area contributed by atoms with Crippen LogP contribution >= 0.6 is 0 Å². The molecule has 2 rings (SSSR count). The van der Waals surface area contributed by atoms with Gasteiger partial charge in [0.25, 0.3) is 0 Å². The summed E-state index contributed by atoms with van der Waals surface area (Å²) in [5, 5.41) is 0. The molecule has 1 aliphatic heterocycles. The van der Waals surface area contributed by atoms with E-state index in [1.807, 2.05) is 0 Å². The molecular formula is C12H16FNO3S. The van der Waals surface area contributed by atoms with Crippen LogP contribution in [0, 0.1) is 12.7 Å². The van der Waals surface area contributed by atoms with Crippen LogP contribution in [0.15, 0.2) is 23.1 Å². The third-order valence-electron chi connectivity index (χ3n) is 2.96. The first-order valence-electron chi connectivity index (χ1n) is 5.86. The van der Waals surface area contributed by atoms with Gasteiger partial charge in [0.05, 0.1) is 11.0 Å². The van der Waals surface area contributed by atoms with Gasteiger partial charge in [-0.15, -0.1) is 0 Å². The molecule has 100 valence electrons. The third kappa shape index (κ3) is 3.07. The van der Waals surface area contributed by atoms with E-state index in [1.54, 1.807) is 0 Å². The zero-order valence-corrected chi connectivity index (χ0v) is 11.0. The van der Waals surface area contributed by atoms with Gasteiger partial charge in [0.15, 0.2) is 0 Å². The molecule has 18 heavy (non-hydrogen) atoms. The maximum Gasteiger partial charge on any atom is 0.240 e. The average molecular weight is 273 g/mol. The second-order valence-corrected chi connectivity index (χ2v) is 6.16. The highest BCUT2D eigenvalue weighted by atomic mass is 32.2. The first-order valence-corrected chi connectivity index (χ1v) is 7.35. The van der Waals surface area contributed by atoms with E-state index < -0.39 is 15.8 Å². The van der Waals surface area contributed by atoms with Crippen LogP contribution in [-0.4, -0.2) is 27.7 Å². The van der Waals surface area contributed by atoms with Crippen molar-refractivity contribution in [2.24, 2.45) is 0 Å². The molecule has 0 amide bonds. The largest absolute Gasteiger partial charge is 0.377 e. The topological polar surface area (TPSA) is 55.4 Å². The van der Waals surface area contributed by atoms with Crippen molar-refractivity contribution in [1.29, 1.82) is 0 Å². The van der Waals surface area contributed by atoms with Crippen molar-refractivity contribution in [3.05, 3.63) is 29.6 Å². The lowest BCUT2D eigenvalue weighted by molar-refractivity contribution is 0.114. The first-order chi connectivity index (χ1) is 8.49. The Labute approximate surface area is 106 Å². The Hall–Kier alpha value is -0.980. The molecule has 1 unspecified atom stereocenters. The van der Waals surface area contributed by atoms with E-state index in [4.69, 9.17) is 4.74 Å². The van der Waals surface area contributed by atoms with Crippen molar-refractivity contribution in [2.75, 3.05) is 13.2 Å². The van der Waals surface area contributed by atoms with Gasteiger partial charge in [-0.25, -0.2) is 17.5 Å². The van der Waals surface area contributed by atoms with Gasteiger partial charge in [0.2, 0.25) is 10.0 Å². The lowest BCUT2D eigenvalue weighted by Crippen LogP contribution is -2.31. The highest BCUT2D eigenvalue weighted by molar-refractivity contribution is 7.89. The standard InChI is InChI=1S/C12H16FNO3S/c1-9-7-11(4-5-12(9)13)18(15,16)14-8-10-3-2-6-17-10/h4-5,7,10,14H,2-3,6,8H2,1H3. The van der Waals surface area contributed by atoms with Crippen LogP contribution in [0.1, 0.15) is 18.4 Å². The number of rotatable bonds is 4. The molecule has 0 spiro atoms. The van der Waals surface area contributed by atoms with E-state index in [1.165, 1.54) is 19.1 Å². The number of benzene rings is 1.